The average molecular weight is 464 g/mol. The Morgan fingerprint density at radius 3 is 2.27 bits per heavy atom. The minimum absolute atomic E-state index is 0.00608. The third kappa shape index (κ3) is 4.83. The highest BCUT2D eigenvalue weighted by Crippen LogP contribution is 2.49. The second kappa shape index (κ2) is 8.81. The van der Waals surface area contributed by atoms with Gasteiger partial charge in [0.15, 0.2) is 0 Å². The van der Waals surface area contributed by atoms with Crippen LogP contribution in [0.4, 0.5) is 19.1 Å². The first kappa shape index (κ1) is 22.5. The zero-order chi connectivity index (χ0) is 23.1. The number of aromatic nitrogens is 3. The largest absolute Gasteiger partial charge is 0.417 e. The lowest BCUT2D eigenvalue weighted by Gasteiger charge is -2.31. The van der Waals surface area contributed by atoms with E-state index < -0.39 is 11.7 Å². The molecule has 4 heterocycles. The Morgan fingerprint density at radius 2 is 1.64 bits per heavy atom. The summed E-state index contributed by atoms with van der Waals surface area (Å²) < 4.78 is 52.6. The highest BCUT2D eigenvalue weighted by Gasteiger charge is 2.48. The van der Waals surface area contributed by atoms with Crippen molar-refractivity contribution < 1.29 is 22.6 Å². The molecule has 0 unspecified atom stereocenters. The Labute approximate surface area is 190 Å². The number of morpholine rings is 2. The molecule has 3 fully saturated rings. The van der Waals surface area contributed by atoms with Crippen molar-refractivity contribution in [2.45, 2.75) is 31.4 Å². The van der Waals surface area contributed by atoms with Crippen molar-refractivity contribution in [1.29, 1.82) is 0 Å². The molecule has 33 heavy (non-hydrogen) atoms. The summed E-state index contributed by atoms with van der Waals surface area (Å²) in [4.78, 5) is 18.0. The zero-order valence-corrected chi connectivity index (χ0v) is 18.7. The molecule has 2 aromatic heterocycles. The van der Waals surface area contributed by atoms with Gasteiger partial charge in [0.2, 0.25) is 5.95 Å². The van der Waals surface area contributed by atoms with E-state index in [0.29, 0.717) is 51.2 Å². The van der Waals surface area contributed by atoms with Crippen LogP contribution >= 0.6 is 0 Å². The van der Waals surface area contributed by atoms with Gasteiger partial charge in [0.1, 0.15) is 0 Å². The molecule has 0 aromatic carbocycles. The van der Waals surface area contributed by atoms with E-state index in [1.54, 1.807) is 13.0 Å². The minimum atomic E-state index is -4.50. The van der Waals surface area contributed by atoms with E-state index in [-0.39, 0.29) is 16.7 Å². The molecule has 2 saturated heterocycles. The summed E-state index contributed by atoms with van der Waals surface area (Å²) >= 11 is 0. The Hall–Kier alpha value is -2.30. The van der Waals surface area contributed by atoms with E-state index in [1.165, 1.54) is 6.20 Å². The third-order valence-corrected chi connectivity index (χ3v) is 6.66. The highest BCUT2D eigenvalue weighted by molar-refractivity contribution is 5.66. The van der Waals surface area contributed by atoms with Crippen molar-refractivity contribution in [2.24, 2.45) is 0 Å². The second-order valence-electron chi connectivity index (χ2n) is 9.08. The highest BCUT2D eigenvalue weighted by atomic mass is 19.4. The molecule has 0 bridgehead atoms. The predicted molar refractivity (Wildman–Crippen MR) is 116 cm³/mol. The van der Waals surface area contributed by atoms with Crippen LogP contribution in [0.2, 0.25) is 0 Å². The van der Waals surface area contributed by atoms with Gasteiger partial charge in [-0.05, 0) is 31.9 Å². The van der Waals surface area contributed by atoms with Gasteiger partial charge in [0.25, 0.3) is 0 Å². The summed E-state index contributed by atoms with van der Waals surface area (Å²) in [5.74, 6) is 0.466. The summed E-state index contributed by atoms with van der Waals surface area (Å²) in [5.41, 5.74) is 0.523. The number of anilines is 1. The van der Waals surface area contributed by atoms with Gasteiger partial charge < -0.3 is 14.4 Å². The van der Waals surface area contributed by atoms with E-state index >= 15 is 0 Å². The maximum absolute atomic E-state index is 13.9. The molecule has 7 nitrogen and oxygen atoms in total. The van der Waals surface area contributed by atoms with Crippen molar-refractivity contribution >= 4 is 5.95 Å². The van der Waals surface area contributed by atoms with E-state index in [9.17, 15) is 13.2 Å². The molecule has 5 rings (SSSR count). The number of halogens is 3. The summed E-state index contributed by atoms with van der Waals surface area (Å²) in [7, 11) is 0. The third-order valence-electron chi connectivity index (χ3n) is 6.66. The quantitative estimate of drug-likeness (QED) is 0.675. The van der Waals surface area contributed by atoms with Gasteiger partial charge >= 0.3 is 6.18 Å². The maximum atomic E-state index is 13.9. The molecule has 0 radical (unpaired) electrons. The molecule has 10 heteroatoms. The van der Waals surface area contributed by atoms with E-state index in [1.807, 2.05) is 4.90 Å². The van der Waals surface area contributed by atoms with Crippen molar-refractivity contribution in [3.8, 4) is 11.3 Å². The number of hydrogen-bond acceptors (Lipinski definition) is 7. The van der Waals surface area contributed by atoms with Crippen LogP contribution in [0.15, 0.2) is 18.3 Å². The van der Waals surface area contributed by atoms with Gasteiger partial charge in [0.05, 0.1) is 43.4 Å². The first-order chi connectivity index (χ1) is 15.8. The predicted octanol–water partition coefficient (Wildman–Crippen LogP) is 3.07. The molecule has 0 spiro atoms. The molecule has 0 N–H and O–H groups in total. The second-order valence-corrected chi connectivity index (χ2v) is 9.08. The lowest BCUT2D eigenvalue weighted by atomic mass is 9.97. The molecule has 178 valence electrons. The van der Waals surface area contributed by atoms with Gasteiger partial charge in [-0.2, -0.15) is 13.2 Å². The molecule has 2 aliphatic heterocycles. The molecule has 3 aliphatic rings. The fourth-order valence-corrected chi connectivity index (χ4v) is 4.58. The number of ether oxygens (including phenoxy) is 2. The molecule has 1 aliphatic carbocycles. The van der Waals surface area contributed by atoms with Gasteiger partial charge in [0, 0.05) is 55.6 Å². The fraction of sp³-hybridized carbons (Fsp3) is 0.609. The smallest absolute Gasteiger partial charge is 0.379 e. The first-order valence-corrected chi connectivity index (χ1v) is 11.4. The van der Waals surface area contributed by atoms with Crippen molar-refractivity contribution in [2.75, 3.05) is 64.1 Å². The molecule has 0 atom stereocenters. The van der Waals surface area contributed by atoms with Gasteiger partial charge in [-0.3, -0.25) is 9.88 Å². The number of hydrogen-bond donors (Lipinski definition) is 0. The number of pyridine rings is 1. The van der Waals surface area contributed by atoms with Gasteiger partial charge in [-0.25, -0.2) is 9.97 Å². The lowest BCUT2D eigenvalue weighted by molar-refractivity contribution is -0.137. The Morgan fingerprint density at radius 1 is 0.970 bits per heavy atom. The number of aryl methyl sites for hydroxylation is 1. The van der Waals surface area contributed by atoms with Crippen LogP contribution in [-0.2, 0) is 21.1 Å². The number of nitrogens with zero attached hydrogens (tertiary/aromatic N) is 5. The van der Waals surface area contributed by atoms with Crippen molar-refractivity contribution in [3.05, 3.63) is 35.3 Å². The number of rotatable bonds is 5. The van der Waals surface area contributed by atoms with E-state index in [4.69, 9.17) is 14.5 Å². The molecule has 1 saturated carbocycles. The van der Waals surface area contributed by atoms with Crippen molar-refractivity contribution in [3.63, 3.8) is 0 Å². The summed E-state index contributed by atoms with van der Waals surface area (Å²) in [6.45, 7) is 7.81. The maximum Gasteiger partial charge on any atom is 0.417 e. The fourth-order valence-electron chi connectivity index (χ4n) is 4.58. The lowest BCUT2D eigenvalue weighted by Crippen LogP contribution is -2.41. The summed E-state index contributed by atoms with van der Waals surface area (Å²) in [5, 5.41) is 0. The number of alkyl halides is 3. The van der Waals surface area contributed by atoms with Gasteiger partial charge in [-0.1, -0.05) is 0 Å². The molecular weight excluding hydrogens is 435 g/mol. The minimum Gasteiger partial charge on any atom is -0.379 e. The summed E-state index contributed by atoms with van der Waals surface area (Å²) in [6.07, 6.45) is -1.30. The molecular formula is C23H28F3N5O2. The van der Waals surface area contributed by atoms with Crippen LogP contribution in [0.1, 0.15) is 29.8 Å². The van der Waals surface area contributed by atoms with Crippen LogP contribution in [0, 0.1) is 6.92 Å². The Balaban J connectivity index is 1.57. The average Bonchev–Trinajstić information content (AvgIpc) is 3.60. The standard InChI is InChI=1S/C23H28F3N5O2/c1-16-12-18(23(24,25)26)17(14-27-16)19-13-20(29-21(28-19)31-6-10-33-11-7-31)22(2-3-22)15-30-4-8-32-9-5-30/h12-14H,2-11,15H2,1H3. The van der Waals surface area contributed by atoms with Crippen LogP contribution in [0.3, 0.4) is 0 Å². The van der Waals surface area contributed by atoms with Crippen LogP contribution in [-0.4, -0.2) is 79.0 Å². The molecule has 0 amide bonds. The van der Waals surface area contributed by atoms with Crippen molar-refractivity contribution in [1.82, 2.24) is 19.9 Å². The SMILES string of the molecule is Cc1cc(C(F)(F)F)c(-c2cc(C3(CN4CCOCC4)CC3)nc(N3CCOCC3)n2)cn1. The Bertz CT molecular complexity index is 1000. The first-order valence-electron chi connectivity index (χ1n) is 11.4. The van der Waals surface area contributed by atoms with E-state index in [0.717, 1.165) is 44.2 Å². The van der Waals surface area contributed by atoms with Gasteiger partial charge in [-0.15, -0.1) is 0 Å². The van der Waals surface area contributed by atoms with Crippen LogP contribution < -0.4 is 4.90 Å². The topological polar surface area (TPSA) is 63.6 Å². The van der Waals surface area contributed by atoms with Crippen LogP contribution in [0.5, 0.6) is 0 Å². The Kier molecular flexibility index (Phi) is 6.00. The van der Waals surface area contributed by atoms with E-state index in [2.05, 4.69) is 14.9 Å². The van der Waals surface area contributed by atoms with Crippen LogP contribution in [0.25, 0.3) is 11.3 Å². The zero-order valence-electron chi connectivity index (χ0n) is 18.7. The normalized spacial score (nSPS) is 21.3. The monoisotopic (exact) mass is 463 g/mol. The summed E-state index contributed by atoms with van der Waals surface area (Å²) in [6, 6.07) is 2.84. The molecule has 2 aromatic rings.